The molecule has 0 aromatic heterocycles. The van der Waals surface area contributed by atoms with Crippen LogP contribution in [0.25, 0.3) is 33.4 Å². The molecule has 2 heteroatoms. The number of quaternary nitrogens is 1. The van der Waals surface area contributed by atoms with Crippen LogP contribution >= 0.6 is 0 Å². The summed E-state index contributed by atoms with van der Waals surface area (Å²) in [5.74, 6) is 0. The van der Waals surface area contributed by atoms with E-state index in [-0.39, 0.29) is 5.41 Å². The zero-order chi connectivity index (χ0) is 35.6. The van der Waals surface area contributed by atoms with E-state index in [0.717, 1.165) is 17.1 Å². The highest BCUT2D eigenvalue weighted by molar-refractivity contribution is 6.02. The molecule has 2 nitrogen and oxygen atoms in total. The molecule has 0 unspecified atom stereocenters. The SMILES string of the molecule is CC1(C)c2ccccc2-c2ccc(N(c3ccc(-c4ccccc4)cc3)c3ccc([N+]4(c5ccccc5)c5ccccc5-c5ccccc54)cc3)cc21. The highest BCUT2D eigenvalue weighted by atomic mass is 15.4. The zero-order valence-electron chi connectivity index (χ0n) is 29.9. The van der Waals surface area contributed by atoms with E-state index in [0.29, 0.717) is 4.48 Å². The monoisotopic (exact) mass is 679 g/mol. The lowest BCUT2D eigenvalue weighted by molar-refractivity contribution is 0.660. The van der Waals surface area contributed by atoms with Gasteiger partial charge in [0, 0.05) is 58.9 Å². The van der Waals surface area contributed by atoms with Crippen LogP contribution in [0.2, 0.25) is 0 Å². The van der Waals surface area contributed by atoms with Gasteiger partial charge in [-0.25, -0.2) is 0 Å². The summed E-state index contributed by atoms with van der Waals surface area (Å²) in [6.07, 6.45) is 0. The van der Waals surface area contributed by atoms with Gasteiger partial charge in [0.1, 0.15) is 11.4 Å². The second-order valence-electron chi connectivity index (χ2n) is 14.7. The molecule has 53 heavy (non-hydrogen) atoms. The standard InChI is InChI=1S/C51H39N2/c1-51(2)47-22-12-9-19-43(47)44-34-31-40(35-48(44)51)52(38-27-25-37(26-28-38)36-15-5-3-6-16-36)39-29-32-42(33-30-39)53(41-17-7-4-8-18-41)49-23-13-10-20-45(49)46-21-11-14-24-50(46)53/h3-35H,1-2H3/q+1. The van der Waals surface area contributed by atoms with Crippen molar-refractivity contribution in [2.24, 2.45) is 0 Å². The second-order valence-corrected chi connectivity index (χ2v) is 14.7. The van der Waals surface area contributed by atoms with Crippen LogP contribution in [0.15, 0.2) is 200 Å². The van der Waals surface area contributed by atoms with E-state index in [9.17, 15) is 0 Å². The molecule has 0 amide bonds. The van der Waals surface area contributed by atoms with Crippen molar-refractivity contribution < 1.29 is 0 Å². The molecule has 8 aromatic rings. The molecule has 1 aliphatic carbocycles. The van der Waals surface area contributed by atoms with Gasteiger partial charge in [-0.15, -0.1) is 0 Å². The molecule has 0 N–H and O–H groups in total. The van der Waals surface area contributed by atoms with E-state index in [1.807, 2.05) is 0 Å². The maximum absolute atomic E-state index is 2.42. The van der Waals surface area contributed by atoms with Crippen molar-refractivity contribution >= 4 is 39.8 Å². The first-order chi connectivity index (χ1) is 26.0. The molecule has 10 rings (SSSR count). The number of fused-ring (bicyclic) bond motifs is 6. The molecular formula is C51H39N2+. The lowest BCUT2D eigenvalue weighted by Crippen LogP contribution is -2.31. The fourth-order valence-electron chi connectivity index (χ4n) is 9.01. The number of benzene rings is 8. The zero-order valence-corrected chi connectivity index (χ0v) is 29.9. The summed E-state index contributed by atoms with van der Waals surface area (Å²) in [5.41, 5.74) is 18.6. The highest BCUT2D eigenvalue weighted by Crippen LogP contribution is 2.62. The average molecular weight is 680 g/mol. The minimum absolute atomic E-state index is 0.0998. The number of nitrogens with zero attached hydrogens (tertiary/aromatic N) is 2. The van der Waals surface area contributed by atoms with Gasteiger partial charge in [0.15, 0.2) is 11.4 Å². The van der Waals surface area contributed by atoms with E-state index in [4.69, 9.17) is 0 Å². The van der Waals surface area contributed by atoms with Crippen molar-refractivity contribution in [3.05, 3.63) is 211 Å². The van der Waals surface area contributed by atoms with Crippen molar-refractivity contribution in [2.45, 2.75) is 19.3 Å². The first-order valence-corrected chi connectivity index (χ1v) is 18.5. The first kappa shape index (κ1) is 31.3. The Balaban J connectivity index is 1.14. The van der Waals surface area contributed by atoms with Crippen LogP contribution in [0.5, 0.6) is 0 Å². The van der Waals surface area contributed by atoms with Crippen LogP contribution in [-0.4, -0.2) is 0 Å². The lowest BCUT2D eigenvalue weighted by atomic mass is 9.82. The Hall–Kier alpha value is -6.48. The quantitative estimate of drug-likeness (QED) is 0.158. The molecule has 0 fully saturated rings. The molecule has 8 aromatic carbocycles. The summed E-state index contributed by atoms with van der Waals surface area (Å²) in [4.78, 5) is 2.41. The van der Waals surface area contributed by atoms with Crippen LogP contribution in [0.3, 0.4) is 0 Å². The molecule has 0 spiro atoms. The van der Waals surface area contributed by atoms with Crippen molar-refractivity contribution in [3.63, 3.8) is 0 Å². The van der Waals surface area contributed by atoms with Gasteiger partial charge < -0.3 is 4.90 Å². The summed E-state index contributed by atoms with van der Waals surface area (Å²) < 4.78 is 0.532. The van der Waals surface area contributed by atoms with Crippen LogP contribution in [0.1, 0.15) is 25.0 Å². The molecule has 2 aliphatic rings. The number of rotatable bonds is 6. The minimum Gasteiger partial charge on any atom is -0.310 e. The lowest BCUT2D eigenvalue weighted by Gasteiger charge is -2.35. The van der Waals surface area contributed by atoms with Crippen LogP contribution in [0.4, 0.5) is 39.8 Å². The van der Waals surface area contributed by atoms with Crippen molar-refractivity contribution in [1.82, 2.24) is 4.48 Å². The number of hydrogen-bond acceptors (Lipinski definition) is 1. The highest BCUT2D eigenvalue weighted by Gasteiger charge is 2.47. The number of hydrogen-bond donors (Lipinski definition) is 0. The van der Waals surface area contributed by atoms with E-state index in [1.54, 1.807) is 0 Å². The molecule has 1 aliphatic heterocycles. The largest absolute Gasteiger partial charge is 0.310 e. The molecule has 0 bridgehead atoms. The molecule has 0 radical (unpaired) electrons. The number of anilines is 3. The Morgan fingerprint density at radius 3 is 1.45 bits per heavy atom. The summed E-state index contributed by atoms with van der Waals surface area (Å²) >= 11 is 0. The minimum atomic E-state index is -0.0998. The number of para-hydroxylation sites is 3. The summed E-state index contributed by atoms with van der Waals surface area (Å²) in [7, 11) is 0. The Kier molecular flexibility index (Phi) is 7.11. The third-order valence-corrected chi connectivity index (χ3v) is 11.5. The normalized spacial score (nSPS) is 14.2. The Morgan fingerprint density at radius 2 is 0.811 bits per heavy atom. The van der Waals surface area contributed by atoms with Gasteiger partial charge in [-0.05, 0) is 81.9 Å². The Morgan fingerprint density at radius 1 is 0.358 bits per heavy atom. The van der Waals surface area contributed by atoms with Crippen LogP contribution < -0.4 is 9.38 Å². The van der Waals surface area contributed by atoms with Gasteiger partial charge in [0.05, 0.1) is 11.1 Å². The van der Waals surface area contributed by atoms with Crippen molar-refractivity contribution in [2.75, 3.05) is 4.90 Å². The van der Waals surface area contributed by atoms with E-state index in [1.165, 1.54) is 67.3 Å². The first-order valence-electron chi connectivity index (χ1n) is 18.5. The molecule has 252 valence electrons. The predicted molar refractivity (Wildman–Crippen MR) is 223 cm³/mol. The maximum Gasteiger partial charge on any atom is 0.156 e. The van der Waals surface area contributed by atoms with E-state index < -0.39 is 0 Å². The fraction of sp³-hybridized carbons (Fsp3) is 0.0588. The van der Waals surface area contributed by atoms with Gasteiger partial charge in [0.2, 0.25) is 0 Å². The molecular weight excluding hydrogens is 641 g/mol. The average Bonchev–Trinajstić information content (AvgIpc) is 3.65. The molecule has 0 saturated carbocycles. The van der Waals surface area contributed by atoms with Crippen molar-refractivity contribution in [3.8, 4) is 33.4 Å². The van der Waals surface area contributed by atoms with Crippen LogP contribution in [0, 0.1) is 0 Å². The van der Waals surface area contributed by atoms with Gasteiger partial charge >= 0.3 is 0 Å². The Labute approximate surface area is 312 Å². The van der Waals surface area contributed by atoms with Gasteiger partial charge in [0.25, 0.3) is 0 Å². The summed E-state index contributed by atoms with van der Waals surface area (Å²) in [6.45, 7) is 4.71. The third kappa shape index (κ3) is 4.69. The molecule has 0 atom stereocenters. The van der Waals surface area contributed by atoms with Crippen molar-refractivity contribution in [1.29, 1.82) is 0 Å². The smallest absolute Gasteiger partial charge is 0.156 e. The third-order valence-electron chi connectivity index (χ3n) is 11.5. The van der Waals surface area contributed by atoms with E-state index >= 15 is 0 Å². The van der Waals surface area contributed by atoms with E-state index in [2.05, 4.69) is 219 Å². The Bertz CT molecular complexity index is 2580. The molecule has 0 saturated heterocycles. The van der Waals surface area contributed by atoms with Gasteiger partial charge in [-0.3, -0.25) is 0 Å². The maximum atomic E-state index is 2.42. The second kappa shape index (κ2) is 12.1. The fourth-order valence-corrected chi connectivity index (χ4v) is 9.01. The predicted octanol–water partition coefficient (Wildman–Crippen LogP) is 14.4. The van der Waals surface area contributed by atoms with Crippen LogP contribution in [-0.2, 0) is 5.41 Å². The summed E-state index contributed by atoms with van der Waals surface area (Å²) in [5, 5.41) is 0. The topological polar surface area (TPSA) is 3.24 Å². The van der Waals surface area contributed by atoms with Gasteiger partial charge in [-0.2, -0.15) is 4.48 Å². The summed E-state index contributed by atoms with van der Waals surface area (Å²) in [6, 6.07) is 73.5. The molecule has 1 heterocycles. The van der Waals surface area contributed by atoms with Gasteiger partial charge in [-0.1, -0.05) is 129 Å².